The van der Waals surface area contributed by atoms with Crippen LogP contribution in [0.1, 0.15) is 15.9 Å². The van der Waals surface area contributed by atoms with Crippen LogP contribution >= 0.6 is 0 Å². The molecule has 2 N–H and O–H groups in total. The van der Waals surface area contributed by atoms with Gasteiger partial charge in [0, 0.05) is 6.07 Å². The van der Waals surface area contributed by atoms with Gasteiger partial charge in [-0.3, -0.25) is 4.79 Å². The summed E-state index contributed by atoms with van der Waals surface area (Å²) in [5, 5.41) is 19.1. The second-order valence-electron chi connectivity index (χ2n) is 4.18. The van der Waals surface area contributed by atoms with Gasteiger partial charge in [-0.1, -0.05) is 18.2 Å². The highest BCUT2D eigenvalue weighted by Gasteiger charge is 2.09. The molecule has 0 spiro atoms. The van der Waals surface area contributed by atoms with Crippen molar-refractivity contribution in [1.29, 1.82) is 0 Å². The highest BCUT2D eigenvalue weighted by Crippen LogP contribution is 2.24. The lowest BCUT2D eigenvalue weighted by Crippen LogP contribution is -1.95. The minimum Gasteiger partial charge on any atom is -0.508 e. The molecule has 2 aromatic carbocycles. The molecule has 0 bridgehead atoms. The average molecular weight is 270 g/mol. The molecular formula is C16H14O4. The van der Waals surface area contributed by atoms with Crippen molar-refractivity contribution in [3.63, 3.8) is 0 Å². The van der Waals surface area contributed by atoms with Crippen molar-refractivity contribution in [1.82, 2.24) is 0 Å². The molecule has 0 aliphatic carbocycles. The summed E-state index contributed by atoms with van der Waals surface area (Å²) in [6, 6.07) is 11.0. The van der Waals surface area contributed by atoms with E-state index in [2.05, 4.69) is 0 Å². The summed E-state index contributed by atoms with van der Waals surface area (Å²) in [6.07, 6.45) is 2.92. The second kappa shape index (κ2) is 5.93. The molecule has 0 aromatic heterocycles. The van der Waals surface area contributed by atoms with E-state index < -0.39 is 0 Å². The number of methoxy groups -OCH3 is 1. The summed E-state index contributed by atoms with van der Waals surface area (Å²) >= 11 is 0. The van der Waals surface area contributed by atoms with Gasteiger partial charge in [0.2, 0.25) is 0 Å². The average Bonchev–Trinajstić information content (AvgIpc) is 2.44. The molecule has 4 heteroatoms. The molecule has 0 unspecified atom stereocenters. The Labute approximate surface area is 116 Å². The molecule has 102 valence electrons. The van der Waals surface area contributed by atoms with Crippen molar-refractivity contribution < 1.29 is 19.7 Å². The molecular weight excluding hydrogens is 256 g/mol. The molecule has 0 amide bonds. The Morgan fingerprint density at radius 2 is 1.95 bits per heavy atom. The molecule has 0 heterocycles. The van der Waals surface area contributed by atoms with Crippen molar-refractivity contribution >= 4 is 11.9 Å². The van der Waals surface area contributed by atoms with Gasteiger partial charge in [0.1, 0.15) is 17.2 Å². The first-order chi connectivity index (χ1) is 9.60. The quantitative estimate of drug-likeness (QED) is 0.662. The van der Waals surface area contributed by atoms with Crippen LogP contribution in [0.25, 0.3) is 6.08 Å². The molecule has 2 aromatic rings. The number of aromatic hydroxyl groups is 2. The van der Waals surface area contributed by atoms with Gasteiger partial charge in [-0.25, -0.2) is 0 Å². The van der Waals surface area contributed by atoms with Gasteiger partial charge in [-0.2, -0.15) is 0 Å². The Hall–Kier alpha value is -2.75. The van der Waals surface area contributed by atoms with Crippen LogP contribution in [-0.2, 0) is 0 Å². The molecule has 0 radical (unpaired) electrons. The number of rotatable bonds is 4. The first-order valence-electron chi connectivity index (χ1n) is 5.98. The third kappa shape index (κ3) is 3.17. The smallest absolute Gasteiger partial charge is 0.189 e. The van der Waals surface area contributed by atoms with E-state index >= 15 is 0 Å². The van der Waals surface area contributed by atoms with Gasteiger partial charge in [0.25, 0.3) is 0 Å². The lowest BCUT2D eigenvalue weighted by atomic mass is 10.1. The predicted octanol–water partition coefficient (Wildman–Crippen LogP) is 3.00. The van der Waals surface area contributed by atoms with Crippen LogP contribution in [0.4, 0.5) is 0 Å². The van der Waals surface area contributed by atoms with E-state index in [1.807, 2.05) is 0 Å². The first kappa shape index (κ1) is 13.7. The Bertz CT molecular complexity index is 659. The molecule has 0 saturated carbocycles. The largest absolute Gasteiger partial charge is 0.508 e. The number of hydrogen-bond acceptors (Lipinski definition) is 4. The van der Waals surface area contributed by atoms with Gasteiger partial charge < -0.3 is 14.9 Å². The molecule has 4 nitrogen and oxygen atoms in total. The predicted molar refractivity (Wildman–Crippen MR) is 76.1 cm³/mol. The van der Waals surface area contributed by atoms with Crippen LogP contribution < -0.4 is 4.74 Å². The molecule has 0 aliphatic rings. The first-order valence-corrected chi connectivity index (χ1v) is 5.98. The lowest BCUT2D eigenvalue weighted by Gasteiger charge is -2.03. The summed E-state index contributed by atoms with van der Waals surface area (Å²) in [7, 11) is 1.48. The molecule has 2 rings (SSSR count). The number of allylic oxidation sites excluding steroid dienone is 1. The van der Waals surface area contributed by atoms with E-state index in [1.165, 1.54) is 31.4 Å². The monoisotopic (exact) mass is 270 g/mol. The minimum atomic E-state index is -0.325. The zero-order chi connectivity index (χ0) is 14.5. The van der Waals surface area contributed by atoms with Crippen molar-refractivity contribution in [3.05, 3.63) is 59.7 Å². The number of phenolic OH excluding ortho intramolecular Hbond substituents is 2. The summed E-state index contributed by atoms with van der Waals surface area (Å²) in [6.45, 7) is 0. The van der Waals surface area contributed by atoms with Gasteiger partial charge in [-0.15, -0.1) is 0 Å². The minimum absolute atomic E-state index is 0.130. The van der Waals surface area contributed by atoms with E-state index in [0.717, 1.165) is 0 Å². The topological polar surface area (TPSA) is 66.8 Å². The Kier molecular flexibility index (Phi) is 4.05. The normalized spacial score (nSPS) is 10.7. The van der Waals surface area contributed by atoms with E-state index in [1.54, 1.807) is 30.3 Å². The number of ketones is 1. The van der Waals surface area contributed by atoms with Crippen LogP contribution in [0.2, 0.25) is 0 Å². The van der Waals surface area contributed by atoms with Crippen LogP contribution in [0, 0.1) is 0 Å². The summed E-state index contributed by atoms with van der Waals surface area (Å²) in [5.41, 5.74) is 0.897. The van der Waals surface area contributed by atoms with Crippen LogP contribution in [0.5, 0.6) is 17.2 Å². The fourth-order valence-electron chi connectivity index (χ4n) is 1.74. The number of hydrogen-bond donors (Lipinski definition) is 2. The van der Waals surface area contributed by atoms with E-state index in [-0.39, 0.29) is 22.8 Å². The molecule has 0 saturated heterocycles. The Balaban J connectivity index is 2.20. The third-order valence-corrected chi connectivity index (χ3v) is 2.77. The Morgan fingerprint density at radius 3 is 2.60 bits per heavy atom. The standard InChI is InChI=1S/C16H14O4/c1-20-13-6-7-14(16(19)10-13)15(18)8-5-11-3-2-4-12(17)9-11/h2-10,17,19H,1H3. The molecule has 20 heavy (non-hydrogen) atoms. The van der Waals surface area contributed by atoms with Crippen molar-refractivity contribution in [2.45, 2.75) is 0 Å². The molecule has 0 fully saturated rings. The van der Waals surface area contributed by atoms with Crippen LogP contribution in [0.15, 0.2) is 48.5 Å². The SMILES string of the molecule is COc1ccc(C(=O)C=Cc2cccc(O)c2)c(O)c1. The van der Waals surface area contributed by atoms with Crippen LogP contribution in [-0.4, -0.2) is 23.1 Å². The second-order valence-corrected chi connectivity index (χ2v) is 4.18. The van der Waals surface area contributed by atoms with Gasteiger partial charge in [0.15, 0.2) is 5.78 Å². The third-order valence-electron chi connectivity index (χ3n) is 2.77. The van der Waals surface area contributed by atoms with Crippen molar-refractivity contribution in [2.75, 3.05) is 7.11 Å². The maximum absolute atomic E-state index is 12.0. The Morgan fingerprint density at radius 1 is 1.15 bits per heavy atom. The fraction of sp³-hybridized carbons (Fsp3) is 0.0625. The highest BCUT2D eigenvalue weighted by molar-refractivity contribution is 6.08. The molecule has 0 atom stereocenters. The number of ether oxygens (including phenoxy) is 1. The number of carbonyl (C=O) groups is 1. The fourth-order valence-corrected chi connectivity index (χ4v) is 1.74. The number of phenols is 2. The maximum atomic E-state index is 12.0. The number of benzene rings is 2. The zero-order valence-corrected chi connectivity index (χ0v) is 10.9. The zero-order valence-electron chi connectivity index (χ0n) is 10.9. The van der Waals surface area contributed by atoms with E-state index in [4.69, 9.17) is 4.74 Å². The maximum Gasteiger partial charge on any atom is 0.189 e. The highest BCUT2D eigenvalue weighted by atomic mass is 16.5. The van der Waals surface area contributed by atoms with Gasteiger partial charge in [0.05, 0.1) is 12.7 Å². The molecule has 0 aliphatic heterocycles. The van der Waals surface area contributed by atoms with Crippen LogP contribution in [0.3, 0.4) is 0 Å². The van der Waals surface area contributed by atoms with Crippen molar-refractivity contribution in [2.24, 2.45) is 0 Å². The summed E-state index contributed by atoms with van der Waals surface area (Å²) in [5.74, 6) is 0.159. The summed E-state index contributed by atoms with van der Waals surface area (Å²) in [4.78, 5) is 12.0. The summed E-state index contributed by atoms with van der Waals surface area (Å²) < 4.78 is 4.96. The van der Waals surface area contributed by atoms with E-state index in [9.17, 15) is 15.0 Å². The lowest BCUT2D eigenvalue weighted by molar-refractivity contribution is 0.104. The van der Waals surface area contributed by atoms with Gasteiger partial charge in [-0.05, 0) is 35.9 Å². The van der Waals surface area contributed by atoms with Gasteiger partial charge >= 0.3 is 0 Å². The number of carbonyl (C=O) groups excluding carboxylic acids is 1. The van der Waals surface area contributed by atoms with Crippen molar-refractivity contribution in [3.8, 4) is 17.2 Å². The van der Waals surface area contributed by atoms with E-state index in [0.29, 0.717) is 11.3 Å².